The molecule has 0 radical (unpaired) electrons. The van der Waals surface area contributed by atoms with Crippen molar-refractivity contribution in [3.05, 3.63) is 65.9 Å². The van der Waals surface area contributed by atoms with E-state index in [4.69, 9.17) is 4.42 Å². The van der Waals surface area contributed by atoms with E-state index in [-0.39, 0.29) is 0 Å². The van der Waals surface area contributed by atoms with Crippen molar-refractivity contribution in [2.45, 2.75) is 26.7 Å². The molecular formula is C21H19NO. The first-order valence-electron chi connectivity index (χ1n) is 8.20. The zero-order valence-corrected chi connectivity index (χ0v) is 13.5. The maximum Gasteiger partial charge on any atom is 0.144 e. The fourth-order valence-corrected chi connectivity index (χ4v) is 3.23. The van der Waals surface area contributed by atoms with Gasteiger partial charge in [-0.3, -0.25) is 4.98 Å². The number of aryl methyl sites for hydroxylation is 2. The van der Waals surface area contributed by atoms with Gasteiger partial charge in [0.25, 0.3) is 0 Å². The lowest BCUT2D eigenvalue weighted by atomic mass is 10.0. The highest BCUT2D eigenvalue weighted by molar-refractivity contribution is 6.10. The van der Waals surface area contributed by atoms with Crippen LogP contribution in [0.15, 0.2) is 59.1 Å². The van der Waals surface area contributed by atoms with Crippen LogP contribution in [0.2, 0.25) is 0 Å². The van der Waals surface area contributed by atoms with E-state index in [1.54, 1.807) is 0 Å². The van der Waals surface area contributed by atoms with Crippen molar-refractivity contribution in [3.8, 4) is 11.3 Å². The third kappa shape index (κ3) is 2.22. The zero-order valence-electron chi connectivity index (χ0n) is 13.5. The number of fused-ring (bicyclic) bond motifs is 3. The summed E-state index contributed by atoms with van der Waals surface area (Å²) in [5.41, 5.74) is 6.60. The minimum absolute atomic E-state index is 0.934. The molecule has 0 amide bonds. The second-order valence-corrected chi connectivity index (χ2v) is 5.84. The summed E-state index contributed by atoms with van der Waals surface area (Å²) in [5, 5.41) is 2.39. The Labute approximate surface area is 135 Å². The fourth-order valence-electron chi connectivity index (χ4n) is 3.23. The molecule has 0 aliphatic rings. The van der Waals surface area contributed by atoms with Crippen LogP contribution in [0.25, 0.3) is 33.2 Å². The number of pyridine rings is 1. The number of aromatic nitrogens is 1. The monoisotopic (exact) mass is 301 g/mol. The summed E-state index contributed by atoms with van der Waals surface area (Å²) >= 11 is 0. The summed E-state index contributed by atoms with van der Waals surface area (Å²) in [6, 6.07) is 16.8. The second kappa shape index (κ2) is 5.54. The van der Waals surface area contributed by atoms with Crippen molar-refractivity contribution in [1.29, 1.82) is 0 Å². The Balaban J connectivity index is 2.09. The molecule has 2 heteroatoms. The molecular weight excluding hydrogens is 282 g/mol. The minimum atomic E-state index is 0.934. The molecule has 4 aromatic rings. The van der Waals surface area contributed by atoms with Crippen molar-refractivity contribution in [3.63, 3.8) is 0 Å². The second-order valence-electron chi connectivity index (χ2n) is 5.84. The van der Waals surface area contributed by atoms with E-state index in [2.05, 4.69) is 49.2 Å². The van der Waals surface area contributed by atoms with E-state index < -0.39 is 0 Å². The molecule has 2 aromatic carbocycles. The van der Waals surface area contributed by atoms with Gasteiger partial charge >= 0.3 is 0 Å². The summed E-state index contributed by atoms with van der Waals surface area (Å²) in [6.07, 6.45) is 3.84. The van der Waals surface area contributed by atoms with Crippen molar-refractivity contribution in [2.24, 2.45) is 0 Å². The van der Waals surface area contributed by atoms with Crippen LogP contribution in [-0.2, 0) is 12.8 Å². The molecule has 0 saturated carbocycles. The van der Waals surface area contributed by atoms with Crippen LogP contribution < -0.4 is 0 Å². The molecule has 0 aliphatic heterocycles. The Morgan fingerprint density at radius 2 is 1.78 bits per heavy atom. The maximum absolute atomic E-state index is 6.32. The first-order valence-corrected chi connectivity index (χ1v) is 8.20. The summed E-state index contributed by atoms with van der Waals surface area (Å²) in [7, 11) is 0. The minimum Gasteiger partial charge on any atom is -0.455 e. The van der Waals surface area contributed by atoms with Gasteiger partial charge < -0.3 is 4.42 Å². The third-order valence-corrected chi connectivity index (χ3v) is 4.46. The highest BCUT2D eigenvalue weighted by atomic mass is 16.3. The molecule has 0 atom stereocenters. The number of furan rings is 1. The van der Waals surface area contributed by atoms with E-state index in [1.165, 1.54) is 21.9 Å². The van der Waals surface area contributed by atoms with Crippen LogP contribution in [-0.4, -0.2) is 4.98 Å². The topological polar surface area (TPSA) is 26.0 Å². The Morgan fingerprint density at radius 3 is 2.52 bits per heavy atom. The number of rotatable bonds is 3. The van der Waals surface area contributed by atoms with Crippen LogP contribution in [0.1, 0.15) is 25.0 Å². The van der Waals surface area contributed by atoms with Gasteiger partial charge in [-0.1, -0.05) is 38.1 Å². The molecule has 23 heavy (non-hydrogen) atoms. The number of nitrogens with zero attached hydrogens (tertiary/aromatic N) is 1. The van der Waals surface area contributed by atoms with Gasteiger partial charge in [-0.2, -0.15) is 0 Å². The molecule has 0 aliphatic carbocycles. The molecule has 4 rings (SSSR count). The van der Waals surface area contributed by atoms with Gasteiger partial charge in [0.1, 0.15) is 11.2 Å². The SMILES string of the molecule is CCc1cc(CC)c2oc3c(-c4ccccn4)cccc3c2c1. The molecule has 2 nitrogen and oxygen atoms in total. The molecule has 0 saturated heterocycles. The predicted molar refractivity (Wildman–Crippen MR) is 95.7 cm³/mol. The van der Waals surface area contributed by atoms with Crippen molar-refractivity contribution in [2.75, 3.05) is 0 Å². The van der Waals surface area contributed by atoms with Crippen LogP contribution in [0.3, 0.4) is 0 Å². The summed E-state index contributed by atoms with van der Waals surface area (Å²) in [5.74, 6) is 0. The predicted octanol–water partition coefficient (Wildman–Crippen LogP) is 5.77. The van der Waals surface area contributed by atoms with E-state index in [9.17, 15) is 0 Å². The van der Waals surface area contributed by atoms with E-state index in [0.717, 1.165) is 35.3 Å². The lowest BCUT2D eigenvalue weighted by Crippen LogP contribution is -1.86. The Hall–Kier alpha value is -2.61. The molecule has 2 aromatic heterocycles. The Bertz CT molecular complexity index is 983. The number of hydrogen-bond acceptors (Lipinski definition) is 2. The van der Waals surface area contributed by atoms with E-state index >= 15 is 0 Å². The van der Waals surface area contributed by atoms with Gasteiger partial charge in [0.15, 0.2) is 0 Å². The standard InChI is InChI=1S/C21H19NO/c1-3-14-12-15(4-2)20-18(13-14)16-8-7-9-17(21(16)23-20)19-10-5-6-11-22-19/h5-13H,3-4H2,1-2H3. The Kier molecular flexibility index (Phi) is 3.38. The average Bonchev–Trinajstić information content (AvgIpc) is 3.00. The number of hydrogen-bond donors (Lipinski definition) is 0. The lowest BCUT2D eigenvalue weighted by molar-refractivity contribution is 0.664. The molecule has 2 heterocycles. The summed E-state index contributed by atoms with van der Waals surface area (Å²) < 4.78 is 6.32. The highest BCUT2D eigenvalue weighted by Gasteiger charge is 2.15. The van der Waals surface area contributed by atoms with Crippen molar-refractivity contribution < 1.29 is 4.42 Å². The average molecular weight is 301 g/mol. The van der Waals surface area contributed by atoms with Gasteiger partial charge in [0.2, 0.25) is 0 Å². The summed E-state index contributed by atoms with van der Waals surface area (Å²) in [4.78, 5) is 4.49. The molecule has 0 unspecified atom stereocenters. The van der Waals surface area contributed by atoms with Crippen LogP contribution >= 0.6 is 0 Å². The Morgan fingerprint density at radius 1 is 0.870 bits per heavy atom. The first-order chi connectivity index (χ1) is 11.3. The summed E-state index contributed by atoms with van der Waals surface area (Å²) in [6.45, 7) is 4.38. The van der Waals surface area contributed by atoms with Gasteiger partial charge in [0, 0.05) is 22.5 Å². The number of para-hydroxylation sites is 1. The van der Waals surface area contributed by atoms with Gasteiger partial charge in [-0.15, -0.1) is 0 Å². The van der Waals surface area contributed by atoms with Gasteiger partial charge in [0.05, 0.1) is 5.69 Å². The van der Waals surface area contributed by atoms with Crippen LogP contribution in [0.4, 0.5) is 0 Å². The van der Waals surface area contributed by atoms with Crippen LogP contribution in [0, 0.1) is 0 Å². The number of benzene rings is 2. The molecule has 114 valence electrons. The first kappa shape index (κ1) is 14.0. The van der Waals surface area contributed by atoms with E-state index in [1.807, 2.05) is 24.4 Å². The normalized spacial score (nSPS) is 11.4. The zero-order chi connectivity index (χ0) is 15.8. The van der Waals surface area contributed by atoms with Crippen molar-refractivity contribution in [1.82, 2.24) is 4.98 Å². The van der Waals surface area contributed by atoms with Crippen LogP contribution in [0.5, 0.6) is 0 Å². The van der Waals surface area contributed by atoms with Gasteiger partial charge in [-0.25, -0.2) is 0 Å². The molecule has 0 N–H and O–H groups in total. The highest BCUT2D eigenvalue weighted by Crippen LogP contribution is 2.37. The molecule has 0 fully saturated rings. The van der Waals surface area contributed by atoms with E-state index in [0.29, 0.717) is 0 Å². The lowest BCUT2D eigenvalue weighted by Gasteiger charge is -2.02. The maximum atomic E-state index is 6.32. The fraction of sp³-hybridized carbons (Fsp3) is 0.190. The van der Waals surface area contributed by atoms with Crippen molar-refractivity contribution >= 4 is 21.9 Å². The smallest absolute Gasteiger partial charge is 0.144 e. The van der Waals surface area contributed by atoms with Gasteiger partial charge in [-0.05, 0) is 48.2 Å². The quantitative estimate of drug-likeness (QED) is 0.480. The largest absolute Gasteiger partial charge is 0.455 e. The molecule has 0 spiro atoms. The third-order valence-electron chi connectivity index (χ3n) is 4.46. The molecule has 0 bridgehead atoms.